The average molecular weight is 1100 g/mol. The van der Waals surface area contributed by atoms with Gasteiger partial charge in [-0.2, -0.15) is 0 Å². The summed E-state index contributed by atoms with van der Waals surface area (Å²) in [5.41, 5.74) is 0.848. The molecule has 0 spiro atoms. The third kappa shape index (κ3) is 15.8. The fraction of sp³-hybridized carbons (Fsp3) is 0.649. The summed E-state index contributed by atoms with van der Waals surface area (Å²) < 4.78 is 9.05. The molecule has 0 bridgehead atoms. The summed E-state index contributed by atoms with van der Waals surface area (Å²) in [5.74, 6) is 13.0. The maximum Gasteiger partial charge on any atom is 0.350 e. The molecule has 2 amide bonds. The highest BCUT2D eigenvalue weighted by Gasteiger charge is 2.40. The Morgan fingerprint density at radius 1 is 0.613 bits per heavy atom. The molecule has 4 saturated carbocycles. The van der Waals surface area contributed by atoms with E-state index in [0.717, 1.165) is 118 Å². The van der Waals surface area contributed by atoms with Crippen molar-refractivity contribution in [1.29, 1.82) is 0 Å². The summed E-state index contributed by atoms with van der Waals surface area (Å²) in [5, 5.41) is 29.2. The van der Waals surface area contributed by atoms with Crippen LogP contribution in [0.15, 0.2) is 35.1 Å². The van der Waals surface area contributed by atoms with Gasteiger partial charge in [-0.15, -0.1) is 43.1 Å². The van der Waals surface area contributed by atoms with Crippen LogP contribution in [0.5, 0.6) is 0 Å². The highest BCUT2D eigenvalue weighted by Crippen LogP contribution is 2.43. The molecular formula is C57H78N8O6S4. The minimum atomic E-state index is -0.995. The van der Waals surface area contributed by atoms with Gasteiger partial charge in [-0.3, -0.25) is 9.59 Å². The van der Waals surface area contributed by atoms with Crippen molar-refractivity contribution in [2.24, 2.45) is 48.6 Å². The molecule has 1 N–H and O–H groups in total. The molecule has 4 heterocycles. The van der Waals surface area contributed by atoms with Gasteiger partial charge in [-0.1, -0.05) is 61.1 Å². The fourth-order valence-corrected chi connectivity index (χ4v) is 14.4. The topological polar surface area (TPSA) is 166 Å². The lowest BCUT2D eigenvalue weighted by molar-refractivity contribution is -0.125. The van der Waals surface area contributed by atoms with Crippen LogP contribution in [0.2, 0.25) is 0 Å². The van der Waals surface area contributed by atoms with Crippen molar-refractivity contribution in [3.05, 3.63) is 44.3 Å². The maximum atomic E-state index is 14.2. The predicted octanol–water partition coefficient (Wildman–Crippen LogP) is 12.6. The fourth-order valence-electron chi connectivity index (χ4n) is 10.4. The van der Waals surface area contributed by atoms with E-state index in [1.807, 2.05) is 65.9 Å². The molecule has 4 aliphatic rings. The molecule has 406 valence electrons. The monoisotopic (exact) mass is 1100 g/mol. The van der Waals surface area contributed by atoms with Crippen molar-refractivity contribution in [3.63, 3.8) is 0 Å². The number of aryl methyl sites for hydroxylation is 2. The number of thiophene rings is 2. The number of anilines is 2. The zero-order valence-corrected chi connectivity index (χ0v) is 49.2. The van der Waals surface area contributed by atoms with Gasteiger partial charge in [-0.05, 0) is 168 Å². The van der Waals surface area contributed by atoms with Gasteiger partial charge in [0.1, 0.15) is 22.4 Å². The molecule has 0 saturated heterocycles. The van der Waals surface area contributed by atoms with Gasteiger partial charge in [0, 0.05) is 59.3 Å². The molecule has 4 aromatic rings. The lowest BCUT2D eigenvalue weighted by Crippen LogP contribution is -2.46. The molecule has 0 aliphatic heterocycles. The summed E-state index contributed by atoms with van der Waals surface area (Å²) in [6.45, 7) is 16.8. The Morgan fingerprint density at radius 3 is 1.32 bits per heavy atom. The zero-order chi connectivity index (χ0) is 54.2. The van der Waals surface area contributed by atoms with Gasteiger partial charge in [0.15, 0.2) is 10.3 Å². The number of esters is 1. The zero-order valence-electron chi connectivity index (χ0n) is 45.9. The molecule has 14 nitrogen and oxygen atoms in total. The lowest BCUT2D eigenvalue weighted by Gasteiger charge is -2.39. The van der Waals surface area contributed by atoms with E-state index in [9.17, 15) is 24.3 Å². The number of carbonyl (C=O) groups is 4. The van der Waals surface area contributed by atoms with Gasteiger partial charge in [0.2, 0.25) is 11.8 Å². The Balaban J connectivity index is 0.000000219. The van der Waals surface area contributed by atoms with E-state index in [1.54, 1.807) is 36.2 Å². The number of hydrogen-bond donors (Lipinski definition) is 1. The van der Waals surface area contributed by atoms with E-state index in [4.69, 9.17) is 4.74 Å². The molecule has 0 radical (unpaired) electrons. The number of carboxylic acid groups (broad SMARTS) is 1. The van der Waals surface area contributed by atoms with Crippen molar-refractivity contribution >= 4 is 81.3 Å². The van der Waals surface area contributed by atoms with Gasteiger partial charge in [0.05, 0.1) is 28.2 Å². The van der Waals surface area contributed by atoms with Crippen molar-refractivity contribution in [1.82, 2.24) is 29.5 Å². The minimum absolute atomic E-state index is 0.00792. The molecule has 0 unspecified atom stereocenters. The molecule has 4 aliphatic carbocycles. The van der Waals surface area contributed by atoms with Crippen LogP contribution >= 0.6 is 46.2 Å². The van der Waals surface area contributed by atoms with Gasteiger partial charge >= 0.3 is 11.9 Å². The van der Waals surface area contributed by atoms with Crippen LogP contribution < -0.4 is 9.80 Å². The first-order valence-electron chi connectivity index (χ1n) is 26.9. The first-order valence-corrected chi connectivity index (χ1v) is 30.3. The highest BCUT2D eigenvalue weighted by atomic mass is 32.2. The Hall–Kier alpha value is -4.62. The van der Waals surface area contributed by atoms with Gasteiger partial charge < -0.3 is 28.8 Å². The summed E-state index contributed by atoms with van der Waals surface area (Å²) >= 11 is 6.02. The first-order chi connectivity index (χ1) is 35.6. The van der Waals surface area contributed by atoms with Crippen molar-refractivity contribution < 1.29 is 29.0 Å². The number of carboxylic acids is 1. The molecule has 4 fully saturated rings. The van der Waals surface area contributed by atoms with Crippen LogP contribution in [0.1, 0.15) is 187 Å². The second-order valence-corrected chi connectivity index (χ2v) is 28.0. The van der Waals surface area contributed by atoms with E-state index in [2.05, 4.69) is 78.7 Å². The second kappa shape index (κ2) is 25.7. The lowest BCUT2D eigenvalue weighted by atomic mass is 9.81. The first kappa shape index (κ1) is 58.1. The molecule has 0 atom stereocenters. The van der Waals surface area contributed by atoms with E-state index >= 15 is 0 Å². The van der Waals surface area contributed by atoms with Gasteiger partial charge in [0.25, 0.3) is 0 Å². The van der Waals surface area contributed by atoms with Crippen LogP contribution in [0.25, 0.3) is 0 Å². The quantitative estimate of drug-likeness (QED) is 0.106. The molecular weight excluding hydrogens is 1020 g/mol. The Morgan fingerprint density at radius 2 is 0.987 bits per heavy atom. The van der Waals surface area contributed by atoms with E-state index < -0.39 is 11.9 Å². The van der Waals surface area contributed by atoms with Crippen LogP contribution in [0, 0.1) is 58.2 Å². The van der Waals surface area contributed by atoms with Crippen molar-refractivity contribution in [2.75, 3.05) is 16.9 Å². The van der Waals surface area contributed by atoms with E-state index in [1.165, 1.54) is 29.8 Å². The summed E-state index contributed by atoms with van der Waals surface area (Å²) in [6, 6.07) is 3.81. The number of rotatable bonds is 12. The van der Waals surface area contributed by atoms with Crippen LogP contribution in [0.3, 0.4) is 0 Å². The largest absolute Gasteiger partial charge is 0.477 e. The standard InChI is InChI=1S/C29H40N4O3S2.C28H38N4O3S2/c1-19-7-9-20(10-8-19)26(34)33(21-11-13-22(14-12-21)38-28-31-30-18-32(28)5)24-17-23(15-16-29(2,3)4)37-25(24)27(35)36-6;1-18-6-8-19(9-7-18)25(33)32(20-10-12-21(13-11-20)37-27-30-29-17-31(27)5)23-16-22(14-15-28(2,3)4)36-24(23)26(34)35/h17-22H,7-14H2,1-6H3;16-21H,6-13H2,1-5H3,(H,34,35). The SMILES string of the molecule is CC1CCC(C(=O)N(c2cc(C#CC(C)(C)C)sc2C(=O)O)C2CCC(Sc3nncn3C)CC2)CC1.COC(=O)c1sc(C#CC(C)(C)C)cc1N(C(=O)C1CCC(C)CC1)C1CCC(Sc2nncn2C)CC1. The molecule has 75 heavy (non-hydrogen) atoms. The molecule has 4 aromatic heterocycles. The van der Waals surface area contributed by atoms with Crippen LogP contribution in [-0.2, 0) is 28.4 Å². The van der Waals surface area contributed by atoms with Crippen molar-refractivity contribution in [3.8, 4) is 23.7 Å². The Kier molecular flexibility index (Phi) is 19.9. The Labute approximate surface area is 461 Å². The number of thioether (sulfide) groups is 2. The number of aromatic carboxylic acids is 1. The second-order valence-electron chi connectivity index (χ2n) is 23.3. The van der Waals surface area contributed by atoms with E-state index in [-0.39, 0.29) is 51.4 Å². The number of amides is 2. The smallest absolute Gasteiger partial charge is 0.350 e. The maximum absolute atomic E-state index is 14.2. The number of aromatic nitrogens is 6. The minimum Gasteiger partial charge on any atom is -0.477 e. The number of hydrogen-bond acceptors (Lipinski definition) is 13. The third-order valence-corrected chi connectivity index (χ3v) is 19.6. The third-order valence-electron chi connectivity index (χ3n) is 14.7. The number of methoxy groups -OCH3 is 1. The predicted molar refractivity (Wildman–Crippen MR) is 303 cm³/mol. The number of carbonyl (C=O) groups excluding carboxylic acids is 3. The number of ether oxygens (including phenoxy) is 1. The van der Waals surface area contributed by atoms with Gasteiger partial charge in [-0.25, -0.2) is 9.59 Å². The number of nitrogens with zero attached hydrogens (tertiary/aromatic N) is 8. The summed E-state index contributed by atoms with van der Waals surface area (Å²) in [6.07, 6.45) is 18.5. The highest BCUT2D eigenvalue weighted by molar-refractivity contribution is 8.00. The molecule has 0 aromatic carbocycles. The summed E-state index contributed by atoms with van der Waals surface area (Å²) in [7, 11) is 5.31. The van der Waals surface area contributed by atoms with Crippen LogP contribution in [-0.4, -0.2) is 88.1 Å². The van der Waals surface area contributed by atoms with E-state index in [0.29, 0.717) is 43.5 Å². The van der Waals surface area contributed by atoms with Crippen molar-refractivity contribution in [2.45, 2.75) is 191 Å². The normalized spacial score (nSPS) is 24.0. The Bertz CT molecular complexity index is 2730. The molecule has 8 rings (SSSR count). The molecule has 18 heteroatoms. The summed E-state index contributed by atoms with van der Waals surface area (Å²) in [4.78, 5) is 59.5. The van der Waals surface area contributed by atoms with Crippen LogP contribution in [0.4, 0.5) is 11.4 Å². The average Bonchev–Trinajstić information content (AvgIpc) is 4.19.